The lowest BCUT2D eigenvalue weighted by Crippen LogP contribution is -1.99. The molecule has 4 nitrogen and oxygen atoms in total. The van der Waals surface area contributed by atoms with Crippen LogP contribution in [0.25, 0.3) is 0 Å². The largest absolute Gasteiger partial charge is 0.437 e. The molecule has 0 bridgehead atoms. The summed E-state index contributed by atoms with van der Waals surface area (Å²) in [5, 5.41) is 3.40. The predicted molar refractivity (Wildman–Crippen MR) is 75.5 cm³/mol. The standard InChI is InChI=1S/C12H11BrClN3O/c1-7-5-11(17-12(15-2)16-7)18-10-4-3-8(13)6-9(10)14/h3-6H,1-2H3,(H,15,16,17). The number of aromatic nitrogens is 2. The average molecular weight is 329 g/mol. The summed E-state index contributed by atoms with van der Waals surface area (Å²) in [7, 11) is 1.76. The Morgan fingerprint density at radius 3 is 2.72 bits per heavy atom. The highest BCUT2D eigenvalue weighted by Crippen LogP contribution is 2.31. The zero-order valence-corrected chi connectivity index (χ0v) is 12.2. The molecule has 0 aliphatic rings. The molecule has 1 N–H and O–H groups in total. The van der Waals surface area contributed by atoms with E-state index < -0.39 is 0 Å². The molecule has 0 unspecified atom stereocenters. The fourth-order valence-electron chi connectivity index (χ4n) is 1.37. The summed E-state index contributed by atoms with van der Waals surface area (Å²) in [5.41, 5.74) is 0.817. The molecule has 1 aromatic heterocycles. The van der Waals surface area contributed by atoms with Gasteiger partial charge in [-0.3, -0.25) is 0 Å². The number of hydrogen-bond acceptors (Lipinski definition) is 4. The molecular formula is C12H11BrClN3O. The van der Waals surface area contributed by atoms with Gasteiger partial charge in [0, 0.05) is 23.3 Å². The molecule has 0 aliphatic carbocycles. The highest BCUT2D eigenvalue weighted by atomic mass is 79.9. The summed E-state index contributed by atoms with van der Waals surface area (Å²) in [4.78, 5) is 8.38. The van der Waals surface area contributed by atoms with E-state index in [1.54, 1.807) is 25.2 Å². The van der Waals surface area contributed by atoms with Crippen LogP contribution in [-0.2, 0) is 0 Å². The maximum atomic E-state index is 6.08. The number of ether oxygens (including phenoxy) is 1. The molecule has 6 heteroatoms. The lowest BCUT2D eigenvalue weighted by atomic mass is 10.3. The van der Waals surface area contributed by atoms with Gasteiger partial charge < -0.3 is 10.1 Å². The highest BCUT2D eigenvalue weighted by Gasteiger charge is 2.07. The van der Waals surface area contributed by atoms with Crippen LogP contribution in [0.15, 0.2) is 28.7 Å². The number of anilines is 1. The molecule has 0 atom stereocenters. The Kier molecular flexibility index (Phi) is 4.04. The number of benzene rings is 1. The van der Waals surface area contributed by atoms with Crippen LogP contribution < -0.4 is 10.1 Å². The van der Waals surface area contributed by atoms with E-state index in [2.05, 4.69) is 31.2 Å². The Morgan fingerprint density at radius 2 is 2.06 bits per heavy atom. The first-order valence-electron chi connectivity index (χ1n) is 5.25. The number of rotatable bonds is 3. The molecule has 1 aromatic carbocycles. The molecule has 0 spiro atoms. The molecule has 94 valence electrons. The number of aryl methyl sites for hydroxylation is 1. The van der Waals surface area contributed by atoms with Crippen molar-refractivity contribution in [2.75, 3.05) is 12.4 Å². The van der Waals surface area contributed by atoms with Crippen LogP contribution in [0, 0.1) is 6.92 Å². The molecule has 0 fully saturated rings. The fourth-order valence-corrected chi connectivity index (χ4v) is 2.09. The van der Waals surface area contributed by atoms with Crippen molar-refractivity contribution >= 4 is 33.5 Å². The first-order valence-corrected chi connectivity index (χ1v) is 6.42. The van der Waals surface area contributed by atoms with Gasteiger partial charge in [0.05, 0.1) is 5.02 Å². The quantitative estimate of drug-likeness (QED) is 0.924. The number of hydrogen-bond donors (Lipinski definition) is 1. The normalized spacial score (nSPS) is 10.2. The summed E-state index contributed by atoms with van der Waals surface area (Å²) < 4.78 is 6.54. The van der Waals surface area contributed by atoms with Crippen LogP contribution in [-0.4, -0.2) is 17.0 Å². The van der Waals surface area contributed by atoms with Gasteiger partial charge in [0.2, 0.25) is 11.8 Å². The molecule has 0 saturated carbocycles. The lowest BCUT2D eigenvalue weighted by Gasteiger charge is -2.08. The second kappa shape index (κ2) is 5.54. The number of nitrogens with zero attached hydrogens (tertiary/aromatic N) is 2. The van der Waals surface area contributed by atoms with Gasteiger partial charge in [0.25, 0.3) is 0 Å². The van der Waals surface area contributed by atoms with Crippen LogP contribution in [0.4, 0.5) is 5.95 Å². The predicted octanol–water partition coefficient (Wildman–Crippen LogP) is 4.03. The number of nitrogens with one attached hydrogen (secondary N) is 1. The van der Waals surface area contributed by atoms with Crippen molar-refractivity contribution in [3.8, 4) is 11.6 Å². The smallest absolute Gasteiger partial charge is 0.225 e. The third kappa shape index (κ3) is 3.11. The van der Waals surface area contributed by atoms with E-state index >= 15 is 0 Å². The lowest BCUT2D eigenvalue weighted by molar-refractivity contribution is 0.462. The average Bonchev–Trinajstić information content (AvgIpc) is 2.32. The van der Waals surface area contributed by atoms with E-state index in [0.717, 1.165) is 10.2 Å². The first-order chi connectivity index (χ1) is 8.58. The SMILES string of the molecule is CNc1nc(C)cc(Oc2ccc(Br)cc2Cl)n1. The van der Waals surface area contributed by atoms with Gasteiger partial charge in [-0.05, 0) is 25.1 Å². The van der Waals surface area contributed by atoms with E-state index in [1.807, 2.05) is 13.0 Å². The van der Waals surface area contributed by atoms with Crippen molar-refractivity contribution in [3.63, 3.8) is 0 Å². The molecule has 2 rings (SSSR count). The van der Waals surface area contributed by atoms with Crippen molar-refractivity contribution in [1.82, 2.24) is 9.97 Å². The van der Waals surface area contributed by atoms with Crippen LogP contribution >= 0.6 is 27.5 Å². The minimum absolute atomic E-state index is 0.455. The van der Waals surface area contributed by atoms with Crippen molar-refractivity contribution in [2.45, 2.75) is 6.92 Å². The zero-order valence-electron chi connectivity index (χ0n) is 9.87. The van der Waals surface area contributed by atoms with Gasteiger partial charge in [-0.15, -0.1) is 0 Å². The van der Waals surface area contributed by atoms with Gasteiger partial charge in [-0.2, -0.15) is 4.98 Å². The Morgan fingerprint density at radius 1 is 1.28 bits per heavy atom. The van der Waals surface area contributed by atoms with E-state index in [9.17, 15) is 0 Å². The van der Waals surface area contributed by atoms with Gasteiger partial charge in [-0.1, -0.05) is 27.5 Å². The van der Waals surface area contributed by atoms with E-state index in [-0.39, 0.29) is 0 Å². The summed E-state index contributed by atoms with van der Waals surface area (Å²) in [5.74, 6) is 1.52. The molecule has 0 radical (unpaired) electrons. The molecule has 0 amide bonds. The minimum Gasteiger partial charge on any atom is -0.437 e. The second-order valence-electron chi connectivity index (χ2n) is 3.60. The summed E-state index contributed by atoms with van der Waals surface area (Å²) in [6.07, 6.45) is 0. The van der Waals surface area contributed by atoms with Gasteiger partial charge in [-0.25, -0.2) is 4.98 Å². The third-order valence-electron chi connectivity index (χ3n) is 2.16. The maximum absolute atomic E-state index is 6.08. The Labute approximate surface area is 118 Å². The third-order valence-corrected chi connectivity index (χ3v) is 2.95. The molecule has 18 heavy (non-hydrogen) atoms. The van der Waals surface area contributed by atoms with Crippen LogP contribution in [0.2, 0.25) is 5.02 Å². The van der Waals surface area contributed by atoms with Gasteiger partial charge >= 0.3 is 0 Å². The Bertz CT molecular complexity index is 577. The molecule has 1 heterocycles. The van der Waals surface area contributed by atoms with E-state index in [1.165, 1.54) is 0 Å². The van der Waals surface area contributed by atoms with Crippen LogP contribution in [0.5, 0.6) is 11.6 Å². The maximum Gasteiger partial charge on any atom is 0.225 e. The minimum atomic E-state index is 0.455. The van der Waals surface area contributed by atoms with E-state index in [4.69, 9.17) is 16.3 Å². The Hall–Kier alpha value is -1.33. The van der Waals surface area contributed by atoms with Gasteiger partial charge in [0.1, 0.15) is 5.75 Å². The molecular weight excluding hydrogens is 318 g/mol. The van der Waals surface area contributed by atoms with Crippen molar-refractivity contribution in [1.29, 1.82) is 0 Å². The zero-order chi connectivity index (χ0) is 13.1. The number of halogens is 2. The van der Waals surface area contributed by atoms with Crippen LogP contribution in [0.1, 0.15) is 5.69 Å². The van der Waals surface area contributed by atoms with Crippen LogP contribution in [0.3, 0.4) is 0 Å². The first kappa shape index (κ1) is 13.1. The fraction of sp³-hybridized carbons (Fsp3) is 0.167. The monoisotopic (exact) mass is 327 g/mol. The van der Waals surface area contributed by atoms with Gasteiger partial charge in [0.15, 0.2) is 0 Å². The van der Waals surface area contributed by atoms with Crippen molar-refractivity contribution < 1.29 is 4.74 Å². The topological polar surface area (TPSA) is 47.0 Å². The van der Waals surface area contributed by atoms with Crippen molar-refractivity contribution in [2.24, 2.45) is 0 Å². The Balaban J connectivity index is 2.30. The van der Waals surface area contributed by atoms with E-state index in [0.29, 0.717) is 22.6 Å². The van der Waals surface area contributed by atoms with Crippen molar-refractivity contribution in [3.05, 3.63) is 39.5 Å². The molecule has 2 aromatic rings. The second-order valence-corrected chi connectivity index (χ2v) is 4.92. The summed E-state index contributed by atoms with van der Waals surface area (Å²) >= 11 is 9.42. The molecule has 0 aliphatic heterocycles. The highest BCUT2D eigenvalue weighted by molar-refractivity contribution is 9.10. The summed E-state index contributed by atoms with van der Waals surface area (Å²) in [6.45, 7) is 1.87. The molecule has 0 saturated heterocycles. The summed E-state index contributed by atoms with van der Waals surface area (Å²) in [6, 6.07) is 7.15.